The van der Waals surface area contributed by atoms with Gasteiger partial charge in [-0.2, -0.15) is 0 Å². The number of anilines is 1. The Morgan fingerprint density at radius 3 is 2.93 bits per heavy atom. The Kier molecular flexibility index (Phi) is 4.69. The third-order valence-corrected chi connectivity index (χ3v) is 4.52. The van der Waals surface area contributed by atoms with Gasteiger partial charge in [0.1, 0.15) is 18.1 Å². The fourth-order valence-electron chi connectivity index (χ4n) is 2.97. The largest absolute Gasteiger partial charge is 0.486 e. The van der Waals surface area contributed by atoms with Crippen LogP contribution < -0.4 is 10.1 Å². The minimum Gasteiger partial charge on any atom is -0.486 e. The van der Waals surface area contributed by atoms with Crippen molar-refractivity contribution in [3.8, 4) is 5.75 Å². The van der Waals surface area contributed by atoms with Crippen LogP contribution in [0, 0.1) is 6.92 Å². The van der Waals surface area contributed by atoms with E-state index in [9.17, 15) is 4.79 Å². The van der Waals surface area contributed by atoms with E-state index in [2.05, 4.69) is 20.6 Å². The molecule has 3 heterocycles. The second-order valence-electron chi connectivity index (χ2n) is 6.35. The third kappa shape index (κ3) is 3.74. The van der Waals surface area contributed by atoms with Gasteiger partial charge in [-0.25, -0.2) is 9.48 Å². The second kappa shape index (κ2) is 7.45. The van der Waals surface area contributed by atoms with Crippen LogP contribution in [0.1, 0.15) is 17.0 Å². The number of hydrogen-bond donors (Lipinski definition) is 1. The number of rotatable bonds is 4. The van der Waals surface area contributed by atoms with Crippen molar-refractivity contribution in [2.45, 2.75) is 26.6 Å². The highest BCUT2D eigenvalue weighted by molar-refractivity contribution is 5.90. The average Bonchev–Trinajstić information content (AvgIpc) is 3.11. The number of benzene rings is 1. The van der Waals surface area contributed by atoms with E-state index in [1.165, 1.54) is 0 Å². The molecule has 2 amide bonds. The maximum Gasteiger partial charge on any atom is 0.322 e. The van der Waals surface area contributed by atoms with E-state index in [-0.39, 0.29) is 12.6 Å². The first-order valence-corrected chi connectivity index (χ1v) is 8.76. The van der Waals surface area contributed by atoms with Crippen molar-refractivity contribution in [2.24, 2.45) is 0 Å². The number of ether oxygens (including phenoxy) is 1. The van der Waals surface area contributed by atoms with Crippen LogP contribution in [0.2, 0.25) is 0 Å². The SMILES string of the molecule is Cc1ccccc1NC(=O)N1CCn2nnc(COc3cccnc3)c2C1. The van der Waals surface area contributed by atoms with E-state index >= 15 is 0 Å². The molecular formula is C19H20N6O2. The fraction of sp³-hybridized carbons (Fsp3) is 0.263. The average molecular weight is 364 g/mol. The summed E-state index contributed by atoms with van der Waals surface area (Å²) in [5.41, 5.74) is 3.47. The molecule has 0 saturated heterocycles. The Hall–Kier alpha value is -3.42. The number of aryl methyl sites for hydroxylation is 1. The number of carbonyl (C=O) groups excluding carboxylic acids is 1. The number of para-hydroxylation sites is 1. The minimum absolute atomic E-state index is 0.129. The van der Waals surface area contributed by atoms with Crippen LogP contribution >= 0.6 is 0 Å². The van der Waals surface area contributed by atoms with Crippen LogP contribution in [0.15, 0.2) is 48.8 Å². The topological polar surface area (TPSA) is 85.2 Å². The maximum absolute atomic E-state index is 12.7. The quantitative estimate of drug-likeness (QED) is 0.769. The summed E-state index contributed by atoms with van der Waals surface area (Å²) in [6.45, 7) is 3.89. The summed E-state index contributed by atoms with van der Waals surface area (Å²) in [6, 6.07) is 11.3. The van der Waals surface area contributed by atoms with E-state index in [0.29, 0.717) is 25.4 Å². The molecule has 0 unspecified atom stereocenters. The van der Waals surface area contributed by atoms with Gasteiger partial charge in [0.2, 0.25) is 0 Å². The number of urea groups is 1. The molecule has 0 atom stereocenters. The maximum atomic E-state index is 12.7. The molecule has 1 aliphatic rings. The van der Waals surface area contributed by atoms with E-state index in [4.69, 9.17) is 4.74 Å². The van der Waals surface area contributed by atoms with Gasteiger partial charge in [-0.3, -0.25) is 4.98 Å². The number of pyridine rings is 1. The Labute approximate surface area is 156 Å². The number of nitrogens with one attached hydrogen (secondary N) is 1. The molecule has 0 saturated carbocycles. The highest BCUT2D eigenvalue weighted by Gasteiger charge is 2.25. The van der Waals surface area contributed by atoms with Crippen LogP contribution in [-0.4, -0.2) is 37.5 Å². The molecule has 8 heteroatoms. The normalized spacial score (nSPS) is 13.1. The number of hydrogen-bond acceptors (Lipinski definition) is 5. The van der Waals surface area contributed by atoms with Crippen molar-refractivity contribution in [1.82, 2.24) is 24.9 Å². The van der Waals surface area contributed by atoms with Crippen LogP contribution in [0.25, 0.3) is 0 Å². The molecule has 2 aromatic heterocycles. The molecule has 1 aliphatic heterocycles. The van der Waals surface area contributed by atoms with E-state index in [1.54, 1.807) is 17.3 Å². The van der Waals surface area contributed by atoms with Crippen molar-refractivity contribution < 1.29 is 9.53 Å². The molecule has 27 heavy (non-hydrogen) atoms. The van der Waals surface area contributed by atoms with Gasteiger partial charge in [0, 0.05) is 18.4 Å². The predicted octanol–water partition coefficient (Wildman–Crippen LogP) is 2.61. The van der Waals surface area contributed by atoms with Crippen molar-refractivity contribution in [2.75, 3.05) is 11.9 Å². The summed E-state index contributed by atoms with van der Waals surface area (Å²) in [7, 11) is 0. The second-order valence-corrected chi connectivity index (χ2v) is 6.35. The summed E-state index contributed by atoms with van der Waals surface area (Å²) < 4.78 is 7.56. The molecule has 4 rings (SSSR count). The van der Waals surface area contributed by atoms with Crippen LogP contribution in [0.4, 0.5) is 10.5 Å². The van der Waals surface area contributed by atoms with Gasteiger partial charge < -0.3 is 15.0 Å². The number of fused-ring (bicyclic) bond motifs is 1. The lowest BCUT2D eigenvalue weighted by Gasteiger charge is -2.28. The summed E-state index contributed by atoms with van der Waals surface area (Å²) >= 11 is 0. The van der Waals surface area contributed by atoms with Gasteiger partial charge in [0.05, 0.1) is 25.0 Å². The summed E-state index contributed by atoms with van der Waals surface area (Å²) in [6.07, 6.45) is 3.34. The highest BCUT2D eigenvalue weighted by atomic mass is 16.5. The Balaban J connectivity index is 1.44. The lowest BCUT2D eigenvalue weighted by Crippen LogP contribution is -2.41. The van der Waals surface area contributed by atoms with Crippen molar-refractivity contribution in [3.63, 3.8) is 0 Å². The molecule has 8 nitrogen and oxygen atoms in total. The molecule has 0 aliphatic carbocycles. The molecule has 0 fully saturated rings. The van der Waals surface area contributed by atoms with Gasteiger partial charge in [0.15, 0.2) is 0 Å². The van der Waals surface area contributed by atoms with E-state index in [1.807, 2.05) is 48.0 Å². The molecule has 138 valence electrons. The van der Waals surface area contributed by atoms with Crippen molar-refractivity contribution in [3.05, 3.63) is 65.7 Å². The minimum atomic E-state index is -0.129. The van der Waals surface area contributed by atoms with Gasteiger partial charge in [-0.05, 0) is 30.7 Å². The molecule has 0 bridgehead atoms. The zero-order valence-corrected chi connectivity index (χ0v) is 15.0. The molecule has 3 aromatic rings. The molecule has 1 aromatic carbocycles. The Bertz CT molecular complexity index is 940. The van der Waals surface area contributed by atoms with E-state index in [0.717, 1.165) is 22.6 Å². The zero-order valence-electron chi connectivity index (χ0n) is 15.0. The van der Waals surface area contributed by atoms with Crippen LogP contribution in [0.5, 0.6) is 5.75 Å². The monoisotopic (exact) mass is 364 g/mol. The highest BCUT2D eigenvalue weighted by Crippen LogP contribution is 2.19. The van der Waals surface area contributed by atoms with Crippen LogP contribution in [-0.2, 0) is 19.7 Å². The van der Waals surface area contributed by atoms with Crippen molar-refractivity contribution in [1.29, 1.82) is 0 Å². The smallest absolute Gasteiger partial charge is 0.322 e. The van der Waals surface area contributed by atoms with Gasteiger partial charge in [-0.1, -0.05) is 23.4 Å². The van der Waals surface area contributed by atoms with Crippen LogP contribution in [0.3, 0.4) is 0 Å². The molecule has 0 spiro atoms. The standard InChI is InChI=1S/C19H20N6O2/c1-14-5-2-3-7-16(14)21-19(26)24-9-10-25-18(12-24)17(22-23-25)13-27-15-6-4-8-20-11-15/h2-8,11H,9-10,12-13H2,1H3,(H,21,26). The number of nitrogens with zero attached hydrogens (tertiary/aromatic N) is 5. The third-order valence-electron chi connectivity index (χ3n) is 4.52. The first kappa shape index (κ1) is 17.0. The summed E-state index contributed by atoms with van der Waals surface area (Å²) in [5.74, 6) is 0.671. The molecular weight excluding hydrogens is 344 g/mol. The first-order chi connectivity index (χ1) is 13.2. The molecule has 1 N–H and O–H groups in total. The summed E-state index contributed by atoms with van der Waals surface area (Å²) in [5, 5.41) is 11.4. The predicted molar refractivity (Wildman–Crippen MR) is 99.2 cm³/mol. The zero-order chi connectivity index (χ0) is 18.6. The fourth-order valence-corrected chi connectivity index (χ4v) is 2.97. The lowest BCUT2D eigenvalue weighted by atomic mass is 10.2. The molecule has 0 radical (unpaired) electrons. The van der Waals surface area contributed by atoms with Gasteiger partial charge in [0.25, 0.3) is 0 Å². The summed E-state index contributed by atoms with van der Waals surface area (Å²) in [4.78, 5) is 18.5. The Morgan fingerprint density at radius 2 is 2.11 bits per heavy atom. The van der Waals surface area contributed by atoms with E-state index < -0.39 is 0 Å². The Morgan fingerprint density at radius 1 is 1.22 bits per heavy atom. The number of carbonyl (C=O) groups is 1. The lowest BCUT2D eigenvalue weighted by molar-refractivity contribution is 0.193. The van der Waals surface area contributed by atoms with Crippen molar-refractivity contribution >= 4 is 11.7 Å². The van der Waals surface area contributed by atoms with Gasteiger partial charge in [-0.15, -0.1) is 5.10 Å². The van der Waals surface area contributed by atoms with Gasteiger partial charge >= 0.3 is 6.03 Å². The first-order valence-electron chi connectivity index (χ1n) is 8.76. The number of aromatic nitrogens is 4. The number of amides is 2.